The van der Waals surface area contributed by atoms with Crippen LogP contribution in [0.5, 0.6) is 11.5 Å². The third-order valence-electron chi connectivity index (χ3n) is 5.21. The highest BCUT2D eigenvalue weighted by Crippen LogP contribution is 2.34. The topological polar surface area (TPSA) is 111 Å². The Morgan fingerprint density at radius 2 is 1.50 bits per heavy atom. The van der Waals surface area contributed by atoms with Crippen LogP contribution < -0.4 is 19.1 Å². The molecule has 3 aromatic rings. The molecule has 0 spiro atoms. The highest BCUT2D eigenvalue weighted by Gasteiger charge is 2.28. The number of nitrogens with one attached hydrogen (secondary N) is 1. The lowest BCUT2D eigenvalue weighted by Gasteiger charge is -2.24. The normalized spacial score (nSPS) is 10.9. The second-order valence-electron chi connectivity index (χ2n) is 7.59. The van der Waals surface area contributed by atoms with Crippen LogP contribution in [0.2, 0.25) is 0 Å². The molecule has 36 heavy (non-hydrogen) atoms. The predicted molar refractivity (Wildman–Crippen MR) is 132 cm³/mol. The summed E-state index contributed by atoms with van der Waals surface area (Å²) in [4.78, 5) is 25.4. The number of esters is 1. The number of amides is 1. The van der Waals surface area contributed by atoms with Gasteiger partial charge in [0.25, 0.3) is 10.0 Å². The molecular formula is C25H25FN2O7S. The molecule has 190 valence electrons. The van der Waals surface area contributed by atoms with Gasteiger partial charge in [0.2, 0.25) is 5.91 Å². The molecule has 9 nitrogen and oxygen atoms in total. The number of methoxy groups -OCH3 is 3. The van der Waals surface area contributed by atoms with Crippen molar-refractivity contribution < 1.29 is 36.6 Å². The number of aryl methyl sites for hydroxylation is 1. The van der Waals surface area contributed by atoms with E-state index in [1.807, 2.05) is 6.92 Å². The van der Waals surface area contributed by atoms with Crippen LogP contribution >= 0.6 is 0 Å². The molecule has 0 aliphatic heterocycles. The summed E-state index contributed by atoms with van der Waals surface area (Å²) < 4.78 is 56.5. The van der Waals surface area contributed by atoms with Crippen LogP contribution in [0.25, 0.3) is 0 Å². The zero-order chi connectivity index (χ0) is 26.5. The molecule has 0 aromatic heterocycles. The lowest BCUT2D eigenvalue weighted by atomic mass is 10.1. The fourth-order valence-corrected chi connectivity index (χ4v) is 4.76. The molecule has 1 N–H and O–H groups in total. The SMILES string of the molecule is COC(=O)c1cc(OC)c(OC)cc1NC(=O)CN(c1ccc(F)cc1)S(=O)(=O)c1ccc(C)cc1. The van der Waals surface area contributed by atoms with E-state index in [-0.39, 0.29) is 33.3 Å². The number of hydrogen-bond acceptors (Lipinski definition) is 7. The quantitative estimate of drug-likeness (QED) is 0.431. The Hall–Kier alpha value is -4.12. The van der Waals surface area contributed by atoms with Crippen LogP contribution in [-0.4, -0.2) is 48.2 Å². The van der Waals surface area contributed by atoms with Crippen molar-refractivity contribution >= 4 is 33.3 Å². The van der Waals surface area contributed by atoms with Crippen LogP contribution in [0.4, 0.5) is 15.8 Å². The van der Waals surface area contributed by atoms with E-state index < -0.39 is 34.3 Å². The zero-order valence-corrected chi connectivity index (χ0v) is 20.9. The fraction of sp³-hybridized carbons (Fsp3) is 0.200. The van der Waals surface area contributed by atoms with E-state index in [2.05, 4.69) is 5.32 Å². The molecular weight excluding hydrogens is 491 g/mol. The molecule has 0 unspecified atom stereocenters. The average molecular weight is 517 g/mol. The Labute approximate surface area is 208 Å². The number of nitrogens with zero attached hydrogens (tertiary/aromatic N) is 1. The van der Waals surface area contributed by atoms with Crippen molar-refractivity contribution in [3.63, 3.8) is 0 Å². The maximum atomic E-state index is 13.5. The van der Waals surface area contributed by atoms with Gasteiger partial charge in [0.05, 0.1) is 43.2 Å². The van der Waals surface area contributed by atoms with Crippen LogP contribution in [0.15, 0.2) is 65.6 Å². The van der Waals surface area contributed by atoms with Gasteiger partial charge in [-0.05, 0) is 43.3 Å². The van der Waals surface area contributed by atoms with E-state index in [0.29, 0.717) is 0 Å². The number of rotatable bonds is 9. The van der Waals surface area contributed by atoms with Gasteiger partial charge in [0, 0.05) is 12.1 Å². The number of hydrogen-bond donors (Lipinski definition) is 1. The lowest BCUT2D eigenvalue weighted by Crippen LogP contribution is -2.38. The van der Waals surface area contributed by atoms with Crippen molar-refractivity contribution in [2.75, 3.05) is 37.5 Å². The van der Waals surface area contributed by atoms with Crippen LogP contribution in [0.3, 0.4) is 0 Å². The summed E-state index contributed by atoms with van der Waals surface area (Å²) in [5, 5.41) is 2.54. The summed E-state index contributed by atoms with van der Waals surface area (Å²) in [6.45, 7) is 1.14. The Morgan fingerprint density at radius 1 is 0.917 bits per heavy atom. The Kier molecular flexibility index (Phi) is 8.15. The zero-order valence-electron chi connectivity index (χ0n) is 20.1. The fourth-order valence-electron chi connectivity index (χ4n) is 3.34. The number of carbonyl (C=O) groups is 2. The summed E-state index contributed by atoms with van der Waals surface area (Å²) in [6, 6.07) is 13.5. The molecule has 0 aliphatic rings. The molecule has 11 heteroatoms. The van der Waals surface area contributed by atoms with Gasteiger partial charge in [-0.3, -0.25) is 9.10 Å². The van der Waals surface area contributed by atoms with E-state index in [9.17, 15) is 22.4 Å². The highest BCUT2D eigenvalue weighted by molar-refractivity contribution is 7.92. The smallest absolute Gasteiger partial charge is 0.340 e. The minimum Gasteiger partial charge on any atom is -0.493 e. The molecule has 0 atom stereocenters. The van der Waals surface area contributed by atoms with Gasteiger partial charge in [0.1, 0.15) is 12.4 Å². The van der Waals surface area contributed by atoms with Gasteiger partial charge in [-0.15, -0.1) is 0 Å². The van der Waals surface area contributed by atoms with Crippen molar-refractivity contribution in [3.8, 4) is 11.5 Å². The first kappa shape index (κ1) is 26.5. The number of ether oxygens (including phenoxy) is 3. The van der Waals surface area contributed by atoms with Crippen molar-refractivity contribution in [3.05, 3.63) is 77.6 Å². The summed E-state index contributed by atoms with van der Waals surface area (Å²) in [6.07, 6.45) is 0. The molecule has 0 bridgehead atoms. The van der Waals surface area contributed by atoms with Crippen molar-refractivity contribution in [1.29, 1.82) is 0 Å². The van der Waals surface area contributed by atoms with Gasteiger partial charge < -0.3 is 19.5 Å². The number of sulfonamides is 1. The second-order valence-corrected chi connectivity index (χ2v) is 9.46. The molecule has 0 saturated heterocycles. The Bertz CT molecular complexity index is 1360. The van der Waals surface area contributed by atoms with Gasteiger partial charge in [-0.1, -0.05) is 17.7 Å². The summed E-state index contributed by atoms with van der Waals surface area (Å²) in [5.41, 5.74) is 0.922. The maximum Gasteiger partial charge on any atom is 0.340 e. The molecule has 1 amide bonds. The average Bonchev–Trinajstić information content (AvgIpc) is 2.87. The van der Waals surface area contributed by atoms with Crippen LogP contribution in [0.1, 0.15) is 15.9 Å². The molecule has 0 heterocycles. The van der Waals surface area contributed by atoms with Crippen molar-refractivity contribution in [2.45, 2.75) is 11.8 Å². The molecule has 3 rings (SSSR count). The predicted octanol–water partition coefficient (Wildman–Crippen LogP) is 3.77. The van der Waals surface area contributed by atoms with E-state index >= 15 is 0 Å². The van der Waals surface area contributed by atoms with E-state index in [1.165, 1.54) is 57.7 Å². The lowest BCUT2D eigenvalue weighted by molar-refractivity contribution is -0.114. The third-order valence-corrected chi connectivity index (χ3v) is 7.00. The molecule has 3 aromatic carbocycles. The number of anilines is 2. The number of benzene rings is 3. The number of halogens is 1. The van der Waals surface area contributed by atoms with Gasteiger partial charge >= 0.3 is 5.97 Å². The summed E-state index contributed by atoms with van der Waals surface area (Å²) >= 11 is 0. The van der Waals surface area contributed by atoms with Gasteiger partial charge in [0.15, 0.2) is 11.5 Å². The highest BCUT2D eigenvalue weighted by atomic mass is 32.2. The minimum absolute atomic E-state index is 0.0243. The molecule has 0 fully saturated rings. The Morgan fingerprint density at radius 3 is 2.06 bits per heavy atom. The van der Waals surface area contributed by atoms with Crippen molar-refractivity contribution in [1.82, 2.24) is 0 Å². The third kappa shape index (κ3) is 5.74. The Balaban J connectivity index is 2.01. The standard InChI is InChI=1S/C25H25FN2O7S/c1-16-5-11-19(12-6-16)36(31,32)28(18-9-7-17(26)8-10-18)15-24(29)27-21-14-23(34-3)22(33-2)13-20(21)25(30)35-4/h5-14H,15H2,1-4H3,(H,27,29). The molecule has 0 aliphatic carbocycles. The van der Waals surface area contributed by atoms with E-state index in [1.54, 1.807) is 12.1 Å². The molecule has 0 saturated carbocycles. The van der Waals surface area contributed by atoms with Gasteiger partial charge in [-0.25, -0.2) is 17.6 Å². The number of carbonyl (C=O) groups excluding carboxylic acids is 2. The summed E-state index contributed by atoms with van der Waals surface area (Å²) in [5.74, 6) is -1.64. The maximum absolute atomic E-state index is 13.5. The van der Waals surface area contributed by atoms with Crippen molar-refractivity contribution in [2.24, 2.45) is 0 Å². The first-order chi connectivity index (χ1) is 17.1. The first-order valence-corrected chi connectivity index (χ1v) is 12.0. The van der Waals surface area contributed by atoms with E-state index in [4.69, 9.17) is 14.2 Å². The van der Waals surface area contributed by atoms with Crippen LogP contribution in [-0.2, 0) is 19.6 Å². The van der Waals surface area contributed by atoms with Gasteiger partial charge in [-0.2, -0.15) is 0 Å². The molecule has 0 radical (unpaired) electrons. The second kappa shape index (κ2) is 11.1. The van der Waals surface area contributed by atoms with Crippen LogP contribution in [0, 0.1) is 12.7 Å². The first-order valence-electron chi connectivity index (χ1n) is 10.6. The largest absolute Gasteiger partial charge is 0.493 e. The van der Waals surface area contributed by atoms with E-state index in [0.717, 1.165) is 22.0 Å². The monoisotopic (exact) mass is 516 g/mol. The summed E-state index contributed by atoms with van der Waals surface area (Å²) in [7, 11) is -0.273. The minimum atomic E-state index is -4.21.